The average Bonchev–Trinajstić information content (AvgIpc) is 2.49. The number of carbonyl (C=O) groups excluding carboxylic acids is 1. The molecular formula is C16H17NO3. The van der Waals surface area contributed by atoms with Gasteiger partial charge in [0.2, 0.25) is 0 Å². The van der Waals surface area contributed by atoms with Crippen molar-refractivity contribution < 1.29 is 14.3 Å². The first-order valence-corrected chi connectivity index (χ1v) is 6.35. The number of nitrogen functional groups attached to an aromatic ring is 1. The van der Waals surface area contributed by atoms with Crippen LogP contribution in [0.15, 0.2) is 48.5 Å². The Balaban J connectivity index is 2.00. The van der Waals surface area contributed by atoms with E-state index in [1.54, 1.807) is 18.2 Å². The number of ether oxygens (including phenoxy) is 2. The number of rotatable bonds is 5. The monoisotopic (exact) mass is 271 g/mol. The number of esters is 1. The smallest absolute Gasteiger partial charge is 0.337 e. The zero-order valence-corrected chi connectivity index (χ0v) is 11.3. The van der Waals surface area contributed by atoms with Gasteiger partial charge in [0.15, 0.2) is 0 Å². The highest BCUT2D eigenvalue weighted by molar-refractivity contribution is 5.90. The standard InChI is InChI=1S/C16H17NO3/c1-19-16(18)13-7-8-14(17)15(11-13)20-10-9-12-5-3-2-4-6-12/h2-8,11H,9-10,17H2,1H3. The minimum atomic E-state index is -0.405. The van der Waals surface area contributed by atoms with E-state index < -0.39 is 5.97 Å². The van der Waals surface area contributed by atoms with Crippen molar-refractivity contribution in [3.05, 3.63) is 59.7 Å². The van der Waals surface area contributed by atoms with Crippen LogP contribution in [0, 0.1) is 0 Å². The molecule has 0 saturated heterocycles. The van der Waals surface area contributed by atoms with Gasteiger partial charge in [-0.3, -0.25) is 0 Å². The third kappa shape index (κ3) is 3.51. The molecule has 0 amide bonds. The second-order valence-electron chi connectivity index (χ2n) is 4.33. The number of benzene rings is 2. The average molecular weight is 271 g/mol. The van der Waals surface area contributed by atoms with Crippen molar-refractivity contribution >= 4 is 11.7 Å². The van der Waals surface area contributed by atoms with Gasteiger partial charge in [0.05, 0.1) is 25.0 Å². The lowest BCUT2D eigenvalue weighted by Gasteiger charge is -2.10. The van der Waals surface area contributed by atoms with Gasteiger partial charge in [-0.1, -0.05) is 30.3 Å². The van der Waals surface area contributed by atoms with Crippen molar-refractivity contribution in [2.24, 2.45) is 0 Å². The van der Waals surface area contributed by atoms with Crippen LogP contribution in [0.1, 0.15) is 15.9 Å². The molecule has 0 atom stereocenters. The Morgan fingerprint density at radius 3 is 2.60 bits per heavy atom. The van der Waals surface area contributed by atoms with Gasteiger partial charge in [-0.15, -0.1) is 0 Å². The first kappa shape index (κ1) is 13.9. The Kier molecular flexibility index (Phi) is 4.60. The fourth-order valence-corrected chi connectivity index (χ4v) is 1.83. The molecule has 0 aliphatic rings. The van der Waals surface area contributed by atoms with Crippen LogP contribution in [0.25, 0.3) is 0 Å². The Labute approximate surface area is 118 Å². The summed E-state index contributed by atoms with van der Waals surface area (Å²) in [6.07, 6.45) is 0.780. The van der Waals surface area contributed by atoms with Crippen LogP contribution in [0.4, 0.5) is 5.69 Å². The first-order valence-electron chi connectivity index (χ1n) is 6.35. The van der Waals surface area contributed by atoms with Gasteiger partial charge in [0.1, 0.15) is 5.75 Å². The van der Waals surface area contributed by atoms with E-state index in [2.05, 4.69) is 4.74 Å². The van der Waals surface area contributed by atoms with Crippen LogP contribution in [-0.4, -0.2) is 19.7 Å². The van der Waals surface area contributed by atoms with Crippen LogP contribution >= 0.6 is 0 Å². The summed E-state index contributed by atoms with van der Waals surface area (Å²) in [7, 11) is 1.34. The van der Waals surface area contributed by atoms with Crippen molar-refractivity contribution in [2.45, 2.75) is 6.42 Å². The Morgan fingerprint density at radius 1 is 1.15 bits per heavy atom. The molecule has 2 aromatic rings. The maximum atomic E-state index is 11.5. The maximum absolute atomic E-state index is 11.5. The minimum absolute atomic E-state index is 0.405. The molecule has 0 radical (unpaired) electrons. The number of methoxy groups -OCH3 is 1. The normalized spacial score (nSPS) is 10.1. The van der Waals surface area contributed by atoms with Gasteiger partial charge < -0.3 is 15.2 Å². The van der Waals surface area contributed by atoms with Gasteiger partial charge >= 0.3 is 5.97 Å². The predicted octanol–water partition coefficient (Wildman–Crippen LogP) is 2.68. The largest absolute Gasteiger partial charge is 0.491 e. The van der Waals surface area contributed by atoms with E-state index in [1.165, 1.54) is 12.7 Å². The second kappa shape index (κ2) is 6.61. The Morgan fingerprint density at radius 2 is 1.90 bits per heavy atom. The highest BCUT2D eigenvalue weighted by Gasteiger charge is 2.09. The fourth-order valence-electron chi connectivity index (χ4n) is 1.83. The van der Waals surface area contributed by atoms with Crippen molar-refractivity contribution in [3.8, 4) is 5.75 Å². The molecule has 2 N–H and O–H groups in total. The van der Waals surface area contributed by atoms with E-state index in [-0.39, 0.29) is 0 Å². The molecule has 0 heterocycles. The molecule has 0 spiro atoms. The van der Waals surface area contributed by atoms with E-state index in [0.717, 1.165) is 6.42 Å². The van der Waals surface area contributed by atoms with Gasteiger partial charge in [-0.25, -0.2) is 4.79 Å². The van der Waals surface area contributed by atoms with E-state index in [1.807, 2.05) is 30.3 Å². The molecule has 20 heavy (non-hydrogen) atoms. The first-order chi connectivity index (χ1) is 9.70. The van der Waals surface area contributed by atoms with Gasteiger partial charge in [-0.05, 0) is 23.8 Å². The van der Waals surface area contributed by atoms with Crippen LogP contribution in [-0.2, 0) is 11.2 Å². The predicted molar refractivity (Wildman–Crippen MR) is 77.8 cm³/mol. The highest BCUT2D eigenvalue weighted by atomic mass is 16.5. The molecule has 4 heteroatoms. The van der Waals surface area contributed by atoms with E-state index in [0.29, 0.717) is 23.6 Å². The van der Waals surface area contributed by atoms with Crippen LogP contribution in [0.5, 0.6) is 5.75 Å². The molecule has 0 saturated carbocycles. The van der Waals surface area contributed by atoms with E-state index in [9.17, 15) is 4.79 Å². The Hall–Kier alpha value is -2.49. The number of nitrogens with two attached hydrogens (primary N) is 1. The van der Waals surface area contributed by atoms with E-state index in [4.69, 9.17) is 10.5 Å². The second-order valence-corrected chi connectivity index (χ2v) is 4.33. The van der Waals surface area contributed by atoms with Gasteiger partial charge in [0.25, 0.3) is 0 Å². The molecule has 0 fully saturated rings. The molecule has 0 unspecified atom stereocenters. The molecule has 4 nitrogen and oxygen atoms in total. The van der Waals surface area contributed by atoms with Crippen LogP contribution in [0.2, 0.25) is 0 Å². The summed E-state index contributed by atoms with van der Waals surface area (Å²) in [5.74, 6) is 0.0988. The van der Waals surface area contributed by atoms with Crippen molar-refractivity contribution in [1.29, 1.82) is 0 Å². The summed E-state index contributed by atoms with van der Waals surface area (Å²) in [6.45, 7) is 0.499. The SMILES string of the molecule is COC(=O)c1ccc(N)c(OCCc2ccccc2)c1. The fraction of sp³-hybridized carbons (Fsp3) is 0.188. The highest BCUT2D eigenvalue weighted by Crippen LogP contribution is 2.23. The molecule has 104 valence electrons. The lowest BCUT2D eigenvalue weighted by atomic mass is 10.1. The summed E-state index contributed by atoms with van der Waals surface area (Å²) in [5, 5.41) is 0. The molecule has 2 aromatic carbocycles. The zero-order valence-electron chi connectivity index (χ0n) is 11.3. The summed E-state index contributed by atoms with van der Waals surface area (Å²) >= 11 is 0. The molecular weight excluding hydrogens is 254 g/mol. The topological polar surface area (TPSA) is 61.5 Å². The van der Waals surface area contributed by atoms with Gasteiger partial charge in [-0.2, -0.15) is 0 Å². The van der Waals surface area contributed by atoms with Crippen molar-refractivity contribution in [1.82, 2.24) is 0 Å². The number of hydrogen-bond acceptors (Lipinski definition) is 4. The van der Waals surface area contributed by atoms with Crippen LogP contribution < -0.4 is 10.5 Å². The minimum Gasteiger partial charge on any atom is -0.491 e. The third-order valence-corrected chi connectivity index (χ3v) is 2.93. The third-order valence-electron chi connectivity index (χ3n) is 2.93. The van der Waals surface area contributed by atoms with Crippen LogP contribution in [0.3, 0.4) is 0 Å². The molecule has 0 aliphatic heterocycles. The Bertz CT molecular complexity index is 582. The molecule has 2 rings (SSSR count). The van der Waals surface area contributed by atoms with Crippen molar-refractivity contribution in [3.63, 3.8) is 0 Å². The quantitative estimate of drug-likeness (QED) is 0.671. The molecule has 0 bridgehead atoms. The van der Waals surface area contributed by atoms with E-state index >= 15 is 0 Å². The summed E-state index contributed by atoms with van der Waals surface area (Å²) in [5.41, 5.74) is 7.96. The summed E-state index contributed by atoms with van der Waals surface area (Å²) < 4.78 is 10.3. The zero-order chi connectivity index (χ0) is 14.4. The lowest BCUT2D eigenvalue weighted by Crippen LogP contribution is -2.06. The van der Waals surface area contributed by atoms with Gasteiger partial charge in [0, 0.05) is 6.42 Å². The number of anilines is 1. The summed E-state index contributed by atoms with van der Waals surface area (Å²) in [6, 6.07) is 14.9. The maximum Gasteiger partial charge on any atom is 0.337 e. The lowest BCUT2D eigenvalue weighted by molar-refractivity contribution is 0.0600. The van der Waals surface area contributed by atoms with Crippen molar-refractivity contribution in [2.75, 3.05) is 19.5 Å². The summed E-state index contributed by atoms with van der Waals surface area (Å²) in [4.78, 5) is 11.5. The molecule has 0 aromatic heterocycles. The number of carbonyl (C=O) groups is 1. The molecule has 0 aliphatic carbocycles. The number of hydrogen-bond donors (Lipinski definition) is 1.